The summed E-state index contributed by atoms with van der Waals surface area (Å²) in [6.07, 6.45) is 4.27. The molecule has 0 saturated heterocycles. The average molecular weight is 294 g/mol. The Morgan fingerprint density at radius 3 is 3.00 bits per heavy atom. The number of halogens is 1. The van der Waals surface area contributed by atoms with E-state index < -0.39 is 0 Å². The van der Waals surface area contributed by atoms with Gasteiger partial charge in [-0.15, -0.1) is 17.0 Å². The molecule has 88 valence electrons. The molecule has 1 aromatic carbocycles. The highest BCUT2D eigenvalue weighted by atomic mass is 79.9. The summed E-state index contributed by atoms with van der Waals surface area (Å²) >= 11 is 0. The zero-order chi connectivity index (χ0) is 11.1. The van der Waals surface area contributed by atoms with Crippen molar-refractivity contribution in [2.45, 2.75) is 6.42 Å². The summed E-state index contributed by atoms with van der Waals surface area (Å²) in [5.41, 5.74) is 9.17. The minimum Gasteiger partial charge on any atom is -0.366 e. The average Bonchev–Trinajstić information content (AvgIpc) is 2.29. The third-order valence-electron chi connectivity index (χ3n) is 2.90. The number of carbonyl (C=O) groups excluding carboxylic acids is 1. The molecule has 2 heterocycles. The fraction of sp³-hybridized carbons (Fsp3) is 0.167. The lowest BCUT2D eigenvalue weighted by molar-refractivity contribution is -0.114. The lowest BCUT2D eigenvalue weighted by Crippen LogP contribution is -2.29. The van der Waals surface area contributed by atoms with Gasteiger partial charge in [0.1, 0.15) is 0 Å². The number of carbonyl (C=O) groups is 1. The predicted molar refractivity (Wildman–Crippen MR) is 73.2 cm³/mol. The molecule has 2 N–H and O–H groups in total. The molecule has 1 amide bonds. The Balaban J connectivity index is 0.00000108. The van der Waals surface area contributed by atoms with E-state index in [1.54, 1.807) is 0 Å². The maximum absolute atomic E-state index is 11.2. The Kier molecular flexibility index (Phi) is 3.02. The molecule has 5 heteroatoms. The standard InChI is InChI=1S/C12H11N3O.BrH/c13-12(16)9-6-8-2-1-3-10-11(8)15(7-9)5-4-14-10;/h1-4,7H,5-6H2,(H2,13,16);1H. The Labute approximate surface area is 110 Å². The molecule has 0 bridgehead atoms. The normalized spacial score (nSPS) is 15.8. The zero-order valence-corrected chi connectivity index (χ0v) is 10.8. The van der Waals surface area contributed by atoms with Crippen LogP contribution in [0.5, 0.6) is 0 Å². The minimum atomic E-state index is -0.349. The van der Waals surface area contributed by atoms with Gasteiger partial charge in [0.25, 0.3) is 0 Å². The fourth-order valence-corrected chi connectivity index (χ4v) is 2.18. The number of rotatable bonds is 1. The van der Waals surface area contributed by atoms with Crippen LogP contribution < -0.4 is 10.6 Å². The highest BCUT2D eigenvalue weighted by Crippen LogP contribution is 2.38. The molecular formula is C12H12BrN3O. The van der Waals surface area contributed by atoms with Crippen LogP contribution in [-0.4, -0.2) is 18.7 Å². The van der Waals surface area contributed by atoms with E-state index in [1.807, 2.05) is 35.5 Å². The van der Waals surface area contributed by atoms with E-state index >= 15 is 0 Å². The van der Waals surface area contributed by atoms with Gasteiger partial charge in [0.2, 0.25) is 5.91 Å². The molecule has 0 fully saturated rings. The van der Waals surface area contributed by atoms with Gasteiger partial charge in [-0.2, -0.15) is 0 Å². The SMILES string of the molecule is Br.NC(=O)C1=CN2CC=Nc3cccc(c32)C1. The largest absolute Gasteiger partial charge is 0.366 e. The van der Waals surface area contributed by atoms with Crippen LogP contribution in [-0.2, 0) is 11.2 Å². The van der Waals surface area contributed by atoms with Crippen LogP contribution in [0.25, 0.3) is 0 Å². The van der Waals surface area contributed by atoms with E-state index in [2.05, 4.69) is 4.99 Å². The van der Waals surface area contributed by atoms with Crippen LogP contribution in [0, 0.1) is 0 Å². The summed E-state index contributed by atoms with van der Waals surface area (Å²) < 4.78 is 0. The van der Waals surface area contributed by atoms with E-state index in [4.69, 9.17) is 5.73 Å². The summed E-state index contributed by atoms with van der Waals surface area (Å²) in [6, 6.07) is 5.95. The lowest BCUT2D eigenvalue weighted by Gasteiger charge is -2.30. The first kappa shape index (κ1) is 11.9. The van der Waals surface area contributed by atoms with Crippen LogP contribution in [0.15, 0.2) is 35.0 Å². The van der Waals surface area contributed by atoms with E-state index in [0.29, 0.717) is 18.5 Å². The number of anilines is 1. The van der Waals surface area contributed by atoms with Gasteiger partial charge in [-0.05, 0) is 11.6 Å². The van der Waals surface area contributed by atoms with Gasteiger partial charge >= 0.3 is 0 Å². The van der Waals surface area contributed by atoms with Gasteiger partial charge in [0.05, 0.1) is 17.9 Å². The molecule has 0 saturated carbocycles. The number of benzene rings is 1. The molecule has 3 rings (SSSR count). The van der Waals surface area contributed by atoms with Gasteiger partial charge in [-0.1, -0.05) is 12.1 Å². The quantitative estimate of drug-likeness (QED) is 0.857. The van der Waals surface area contributed by atoms with Gasteiger partial charge in [0, 0.05) is 24.4 Å². The summed E-state index contributed by atoms with van der Waals surface area (Å²) in [5, 5.41) is 0. The topological polar surface area (TPSA) is 58.7 Å². The van der Waals surface area contributed by atoms with Crippen molar-refractivity contribution in [1.29, 1.82) is 0 Å². The molecule has 2 aliphatic rings. The number of primary amides is 1. The molecule has 0 unspecified atom stereocenters. The van der Waals surface area contributed by atoms with E-state index in [-0.39, 0.29) is 22.9 Å². The first-order valence-corrected chi connectivity index (χ1v) is 5.17. The Morgan fingerprint density at radius 1 is 1.41 bits per heavy atom. The van der Waals surface area contributed by atoms with Gasteiger partial charge < -0.3 is 10.6 Å². The molecule has 0 spiro atoms. The van der Waals surface area contributed by atoms with Crippen LogP contribution in [0.2, 0.25) is 0 Å². The number of para-hydroxylation sites is 1. The zero-order valence-electron chi connectivity index (χ0n) is 9.09. The Bertz CT molecular complexity index is 537. The van der Waals surface area contributed by atoms with Crippen molar-refractivity contribution >= 4 is 40.5 Å². The van der Waals surface area contributed by atoms with Crippen LogP contribution in [0.3, 0.4) is 0 Å². The number of hydrogen-bond acceptors (Lipinski definition) is 3. The van der Waals surface area contributed by atoms with Crippen molar-refractivity contribution in [3.63, 3.8) is 0 Å². The summed E-state index contributed by atoms with van der Waals surface area (Å²) in [7, 11) is 0. The second-order valence-corrected chi connectivity index (χ2v) is 3.94. The molecule has 0 atom stereocenters. The predicted octanol–water partition coefficient (Wildman–Crippen LogP) is 1.71. The Morgan fingerprint density at radius 2 is 2.24 bits per heavy atom. The summed E-state index contributed by atoms with van der Waals surface area (Å²) in [4.78, 5) is 17.6. The van der Waals surface area contributed by atoms with Crippen LogP contribution >= 0.6 is 17.0 Å². The fourth-order valence-electron chi connectivity index (χ4n) is 2.18. The monoisotopic (exact) mass is 293 g/mol. The Hall–Kier alpha value is -1.62. The number of nitrogens with zero attached hydrogens (tertiary/aromatic N) is 2. The molecular weight excluding hydrogens is 282 g/mol. The van der Waals surface area contributed by atoms with Crippen molar-refractivity contribution in [1.82, 2.24) is 0 Å². The first-order chi connectivity index (χ1) is 7.75. The molecule has 4 nitrogen and oxygen atoms in total. The highest BCUT2D eigenvalue weighted by molar-refractivity contribution is 8.93. The van der Waals surface area contributed by atoms with Crippen molar-refractivity contribution in [2.24, 2.45) is 10.7 Å². The molecule has 17 heavy (non-hydrogen) atoms. The van der Waals surface area contributed by atoms with Crippen LogP contribution in [0.4, 0.5) is 11.4 Å². The second-order valence-electron chi connectivity index (χ2n) is 3.94. The van der Waals surface area contributed by atoms with Gasteiger partial charge in [-0.25, -0.2) is 0 Å². The third kappa shape index (κ3) is 1.86. The van der Waals surface area contributed by atoms with Crippen molar-refractivity contribution < 1.29 is 4.79 Å². The molecule has 0 aliphatic carbocycles. The minimum absolute atomic E-state index is 0. The van der Waals surface area contributed by atoms with E-state index in [0.717, 1.165) is 16.9 Å². The smallest absolute Gasteiger partial charge is 0.246 e. The maximum atomic E-state index is 11.2. The number of aliphatic imine (C=N–C) groups is 1. The van der Waals surface area contributed by atoms with Crippen molar-refractivity contribution in [3.05, 3.63) is 35.5 Å². The number of amides is 1. The number of nitrogens with two attached hydrogens (primary N) is 1. The van der Waals surface area contributed by atoms with Crippen molar-refractivity contribution in [3.8, 4) is 0 Å². The second kappa shape index (κ2) is 4.33. The van der Waals surface area contributed by atoms with Crippen LogP contribution in [0.1, 0.15) is 5.56 Å². The molecule has 0 radical (unpaired) electrons. The maximum Gasteiger partial charge on any atom is 0.246 e. The van der Waals surface area contributed by atoms with Gasteiger partial charge in [0.15, 0.2) is 0 Å². The highest BCUT2D eigenvalue weighted by Gasteiger charge is 2.23. The molecule has 1 aromatic rings. The van der Waals surface area contributed by atoms with Crippen molar-refractivity contribution in [2.75, 3.05) is 11.4 Å². The molecule has 0 aromatic heterocycles. The lowest BCUT2D eigenvalue weighted by atomic mass is 9.97. The van der Waals surface area contributed by atoms with E-state index in [1.165, 1.54) is 0 Å². The summed E-state index contributed by atoms with van der Waals surface area (Å²) in [6.45, 7) is 0.695. The number of hydrogen-bond donors (Lipinski definition) is 1. The van der Waals surface area contributed by atoms with Gasteiger partial charge in [-0.3, -0.25) is 9.79 Å². The molecule has 2 aliphatic heterocycles. The third-order valence-corrected chi connectivity index (χ3v) is 2.90. The summed E-state index contributed by atoms with van der Waals surface area (Å²) in [5.74, 6) is -0.349. The first-order valence-electron chi connectivity index (χ1n) is 5.17. The van der Waals surface area contributed by atoms with E-state index in [9.17, 15) is 4.79 Å².